The zero-order chi connectivity index (χ0) is 20.1. The summed E-state index contributed by atoms with van der Waals surface area (Å²) >= 11 is 2.02. The van der Waals surface area contributed by atoms with Crippen LogP contribution >= 0.6 is 11.8 Å². The van der Waals surface area contributed by atoms with E-state index >= 15 is 0 Å². The van der Waals surface area contributed by atoms with Crippen LogP contribution < -0.4 is 9.47 Å². The van der Waals surface area contributed by atoms with E-state index in [0.29, 0.717) is 29.6 Å². The van der Waals surface area contributed by atoms with Crippen LogP contribution in [0.3, 0.4) is 0 Å². The Labute approximate surface area is 184 Å². The second-order valence-electron chi connectivity index (χ2n) is 10.4. The van der Waals surface area contributed by atoms with Gasteiger partial charge in [-0.1, -0.05) is 6.07 Å². The highest BCUT2D eigenvalue weighted by atomic mass is 32.2. The molecule has 4 aliphatic carbocycles. The number of hydrogen-bond donors (Lipinski definition) is 0. The van der Waals surface area contributed by atoms with Crippen molar-refractivity contribution in [3.63, 3.8) is 0 Å². The number of fused-ring (bicyclic) bond motifs is 1. The summed E-state index contributed by atoms with van der Waals surface area (Å²) in [6, 6.07) is 6.46. The van der Waals surface area contributed by atoms with Gasteiger partial charge in [-0.2, -0.15) is 0 Å². The quantitative estimate of drug-likeness (QED) is 0.661. The van der Waals surface area contributed by atoms with E-state index in [1.807, 2.05) is 17.8 Å². The van der Waals surface area contributed by atoms with Crippen molar-refractivity contribution in [2.24, 2.45) is 17.8 Å². The van der Waals surface area contributed by atoms with Crippen LogP contribution in [0.25, 0.3) is 0 Å². The van der Waals surface area contributed by atoms with E-state index in [-0.39, 0.29) is 6.04 Å². The molecule has 162 valence electrons. The molecule has 7 rings (SSSR count). The van der Waals surface area contributed by atoms with Crippen molar-refractivity contribution in [1.29, 1.82) is 0 Å². The van der Waals surface area contributed by atoms with Gasteiger partial charge < -0.3 is 14.4 Å². The topological polar surface area (TPSA) is 38.8 Å². The lowest BCUT2D eigenvalue weighted by Gasteiger charge is -2.56. The fourth-order valence-corrected chi connectivity index (χ4v) is 8.96. The summed E-state index contributed by atoms with van der Waals surface area (Å²) in [5.74, 6) is 5.51. The monoisotopic (exact) mass is 427 g/mol. The summed E-state index contributed by atoms with van der Waals surface area (Å²) in [5, 5.41) is 0. The summed E-state index contributed by atoms with van der Waals surface area (Å²) in [6.07, 6.45) is 11.5. The molecule has 4 nitrogen and oxygen atoms in total. The van der Waals surface area contributed by atoms with E-state index in [1.54, 1.807) is 0 Å². The van der Waals surface area contributed by atoms with Gasteiger partial charge in [-0.25, -0.2) is 0 Å². The Kier molecular flexibility index (Phi) is 4.93. The van der Waals surface area contributed by atoms with Gasteiger partial charge in [0.15, 0.2) is 11.5 Å². The van der Waals surface area contributed by atoms with Crippen LogP contribution in [0, 0.1) is 17.8 Å². The van der Waals surface area contributed by atoms with Gasteiger partial charge in [0.25, 0.3) is 0 Å². The molecule has 4 saturated carbocycles. The number of rotatable bonds is 4. The molecular formula is C25H33NO3S. The number of amides is 1. The molecule has 2 aliphatic heterocycles. The highest BCUT2D eigenvalue weighted by Crippen LogP contribution is 2.60. The molecule has 2 heterocycles. The van der Waals surface area contributed by atoms with Crippen LogP contribution in [-0.2, 0) is 4.79 Å². The fraction of sp³-hybridized carbons (Fsp3) is 0.720. The third kappa shape index (κ3) is 3.51. The van der Waals surface area contributed by atoms with E-state index in [0.717, 1.165) is 55.1 Å². The van der Waals surface area contributed by atoms with Crippen molar-refractivity contribution in [2.75, 3.05) is 25.5 Å². The normalized spacial score (nSPS) is 36.7. The average Bonchev–Trinajstić information content (AvgIpc) is 3.10. The molecule has 1 aromatic rings. The van der Waals surface area contributed by atoms with Gasteiger partial charge >= 0.3 is 0 Å². The van der Waals surface area contributed by atoms with Gasteiger partial charge in [0.1, 0.15) is 0 Å². The molecule has 30 heavy (non-hydrogen) atoms. The zero-order valence-corrected chi connectivity index (χ0v) is 18.6. The molecule has 1 aromatic carbocycles. The summed E-state index contributed by atoms with van der Waals surface area (Å²) in [5.41, 5.74) is 1.20. The predicted octanol–water partition coefficient (Wildman–Crippen LogP) is 5.21. The van der Waals surface area contributed by atoms with Crippen molar-refractivity contribution < 1.29 is 14.3 Å². The first kappa shape index (κ1) is 19.3. The molecule has 0 N–H and O–H groups in total. The highest BCUT2D eigenvalue weighted by molar-refractivity contribution is 8.01. The Hall–Kier alpha value is -1.36. The second kappa shape index (κ2) is 7.65. The van der Waals surface area contributed by atoms with Crippen LogP contribution in [0.2, 0.25) is 0 Å². The van der Waals surface area contributed by atoms with Crippen molar-refractivity contribution >= 4 is 17.7 Å². The van der Waals surface area contributed by atoms with E-state index in [9.17, 15) is 4.79 Å². The molecule has 0 unspecified atom stereocenters. The molecule has 1 saturated heterocycles. The van der Waals surface area contributed by atoms with E-state index in [4.69, 9.17) is 9.47 Å². The third-order valence-corrected chi connectivity index (χ3v) is 9.72. The van der Waals surface area contributed by atoms with Crippen LogP contribution in [0.15, 0.2) is 18.2 Å². The van der Waals surface area contributed by atoms with Crippen LogP contribution in [-0.4, -0.2) is 41.1 Å². The number of thioether (sulfide) groups is 1. The Morgan fingerprint density at radius 3 is 2.43 bits per heavy atom. The van der Waals surface area contributed by atoms with Crippen LogP contribution in [0.1, 0.15) is 69.4 Å². The smallest absolute Gasteiger partial charge is 0.233 e. The maximum Gasteiger partial charge on any atom is 0.233 e. The molecule has 1 atom stereocenters. The van der Waals surface area contributed by atoms with E-state index in [2.05, 4.69) is 17.0 Å². The van der Waals surface area contributed by atoms with Gasteiger partial charge in [-0.15, -0.1) is 11.8 Å². The number of hydrogen-bond acceptors (Lipinski definition) is 4. The van der Waals surface area contributed by atoms with Crippen LogP contribution in [0.5, 0.6) is 11.5 Å². The molecule has 5 fully saturated rings. The first-order chi connectivity index (χ1) is 14.7. The summed E-state index contributed by atoms with van der Waals surface area (Å²) < 4.78 is 12.1. The number of nitrogens with zero attached hydrogens (tertiary/aromatic N) is 1. The maximum atomic E-state index is 13.3. The summed E-state index contributed by atoms with van der Waals surface area (Å²) in [4.78, 5) is 15.5. The molecule has 4 bridgehead atoms. The van der Waals surface area contributed by atoms with Gasteiger partial charge in [0, 0.05) is 17.7 Å². The lowest BCUT2D eigenvalue weighted by molar-refractivity contribution is -0.129. The Morgan fingerprint density at radius 1 is 1.00 bits per heavy atom. The second-order valence-corrected chi connectivity index (χ2v) is 11.8. The van der Waals surface area contributed by atoms with Crippen LogP contribution in [0.4, 0.5) is 0 Å². The van der Waals surface area contributed by atoms with Crippen molar-refractivity contribution in [2.45, 2.75) is 68.6 Å². The maximum absolute atomic E-state index is 13.3. The van der Waals surface area contributed by atoms with Crippen molar-refractivity contribution in [1.82, 2.24) is 4.90 Å². The number of ether oxygens (including phenoxy) is 2. The van der Waals surface area contributed by atoms with Crippen molar-refractivity contribution in [3.05, 3.63) is 23.8 Å². The average molecular weight is 428 g/mol. The molecule has 5 heteroatoms. The Bertz CT molecular complexity index is 789. The van der Waals surface area contributed by atoms with Gasteiger partial charge in [-0.3, -0.25) is 4.79 Å². The number of likely N-dealkylation sites (tertiary alicyclic amines) is 1. The summed E-state index contributed by atoms with van der Waals surface area (Å²) in [6.45, 7) is 2.30. The van der Waals surface area contributed by atoms with Gasteiger partial charge in [0.05, 0.1) is 25.0 Å². The van der Waals surface area contributed by atoms with Gasteiger partial charge in [0.2, 0.25) is 5.91 Å². The highest BCUT2D eigenvalue weighted by Gasteiger charge is 2.51. The number of carbonyl (C=O) groups is 1. The largest absolute Gasteiger partial charge is 0.490 e. The minimum Gasteiger partial charge on any atom is -0.490 e. The molecular weight excluding hydrogens is 394 g/mol. The zero-order valence-electron chi connectivity index (χ0n) is 17.8. The standard InChI is InChI=1S/C25H33NO3S/c27-24(16-30-25-13-17-9-18(14-25)11-19(10-17)15-25)26-6-1-3-21(26)20-4-5-22-23(12-20)29-8-2-7-28-22/h4-5,12,17-19,21H,1-3,6-11,13-16H2/t17?,18?,19?,21-,25?/m0/s1. The lowest BCUT2D eigenvalue weighted by Crippen LogP contribution is -2.49. The van der Waals surface area contributed by atoms with E-state index in [1.165, 1.54) is 44.1 Å². The third-order valence-electron chi connectivity index (χ3n) is 8.21. The fourth-order valence-electron chi connectivity index (χ4n) is 7.30. The number of benzene rings is 1. The molecule has 0 aromatic heterocycles. The first-order valence-electron chi connectivity index (χ1n) is 12.0. The number of carbonyl (C=O) groups excluding carboxylic acids is 1. The Balaban J connectivity index is 1.14. The minimum absolute atomic E-state index is 0.187. The summed E-state index contributed by atoms with van der Waals surface area (Å²) in [7, 11) is 0. The lowest BCUT2D eigenvalue weighted by atomic mass is 9.56. The minimum atomic E-state index is 0.187. The SMILES string of the molecule is O=C(CSC12CC3CC(CC(C3)C1)C2)N1CCC[C@H]1c1ccc2c(c1)OCCCO2. The van der Waals surface area contributed by atoms with E-state index < -0.39 is 0 Å². The Morgan fingerprint density at radius 2 is 1.70 bits per heavy atom. The molecule has 1 amide bonds. The molecule has 0 radical (unpaired) electrons. The predicted molar refractivity (Wildman–Crippen MR) is 119 cm³/mol. The van der Waals surface area contributed by atoms with Gasteiger partial charge in [-0.05, 0) is 86.8 Å². The molecule has 6 aliphatic rings. The molecule has 0 spiro atoms. The van der Waals surface area contributed by atoms with Crippen molar-refractivity contribution in [3.8, 4) is 11.5 Å². The first-order valence-corrected chi connectivity index (χ1v) is 13.0.